The van der Waals surface area contributed by atoms with Crippen molar-refractivity contribution in [3.05, 3.63) is 0 Å². The van der Waals surface area contributed by atoms with Gasteiger partial charge in [-0.3, -0.25) is 9.69 Å². The predicted octanol–water partition coefficient (Wildman–Crippen LogP) is -1.66. The van der Waals surface area contributed by atoms with E-state index >= 15 is 0 Å². The van der Waals surface area contributed by atoms with Crippen LogP contribution in [-0.4, -0.2) is 75.2 Å². The average Bonchev–Trinajstić information content (AvgIpc) is 2.68. The first-order valence-electron chi connectivity index (χ1n) is 6.95. The topological polar surface area (TPSA) is 102 Å². The van der Waals surface area contributed by atoms with Crippen LogP contribution in [0.2, 0.25) is 0 Å². The van der Waals surface area contributed by atoms with Crippen LogP contribution in [0.4, 0.5) is 0 Å². The van der Waals surface area contributed by atoms with Gasteiger partial charge in [-0.15, -0.1) is 0 Å². The van der Waals surface area contributed by atoms with Gasteiger partial charge in [0.25, 0.3) is 0 Å². The van der Waals surface area contributed by atoms with Crippen molar-refractivity contribution in [2.45, 2.75) is 31.5 Å². The highest BCUT2D eigenvalue weighted by atomic mass is 32.2. The van der Waals surface area contributed by atoms with Gasteiger partial charge in [-0.05, 0) is 13.3 Å². The van der Waals surface area contributed by atoms with Crippen molar-refractivity contribution in [2.75, 3.05) is 37.7 Å². The van der Waals surface area contributed by atoms with E-state index in [-0.39, 0.29) is 42.1 Å². The third-order valence-electron chi connectivity index (χ3n) is 3.73. The van der Waals surface area contributed by atoms with Gasteiger partial charge in [-0.25, -0.2) is 8.42 Å². The van der Waals surface area contributed by atoms with Crippen molar-refractivity contribution >= 4 is 15.7 Å². The summed E-state index contributed by atoms with van der Waals surface area (Å²) in [6, 6.07) is -0.307. The lowest BCUT2D eigenvalue weighted by atomic mass is 10.1. The SMILES string of the molecule is CC(N)C1CN(CC(=O)NC2CCS(=O)(=O)C2)CCO1. The maximum Gasteiger partial charge on any atom is 0.234 e. The lowest BCUT2D eigenvalue weighted by Gasteiger charge is -2.34. The summed E-state index contributed by atoms with van der Waals surface area (Å²) < 4.78 is 28.2. The van der Waals surface area contributed by atoms with Gasteiger partial charge in [0, 0.05) is 25.2 Å². The van der Waals surface area contributed by atoms with Crippen molar-refractivity contribution in [3.8, 4) is 0 Å². The highest BCUT2D eigenvalue weighted by Gasteiger charge is 2.30. The van der Waals surface area contributed by atoms with Gasteiger partial charge in [0.2, 0.25) is 5.91 Å². The van der Waals surface area contributed by atoms with Crippen LogP contribution in [0.1, 0.15) is 13.3 Å². The van der Waals surface area contributed by atoms with Gasteiger partial charge in [0.05, 0.1) is 30.8 Å². The van der Waals surface area contributed by atoms with Crippen LogP contribution in [0, 0.1) is 0 Å². The zero-order valence-electron chi connectivity index (χ0n) is 11.7. The lowest BCUT2D eigenvalue weighted by Crippen LogP contribution is -2.52. The van der Waals surface area contributed by atoms with Crippen molar-refractivity contribution < 1.29 is 17.9 Å². The summed E-state index contributed by atoms with van der Waals surface area (Å²) in [6.07, 6.45) is 0.461. The predicted molar refractivity (Wildman–Crippen MR) is 75.0 cm³/mol. The molecule has 3 atom stereocenters. The third kappa shape index (κ3) is 4.41. The number of nitrogens with one attached hydrogen (secondary N) is 1. The molecule has 3 unspecified atom stereocenters. The molecule has 0 radical (unpaired) electrons. The summed E-state index contributed by atoms with van der Waals surface area (Å²) in [5.41, 5.74) is 5.80. The maximum absolute atomic E-state index is 11.9. The number of ether oxygens (including phenoxy) is 1. The Labute approximate surface area is 119 Å². The van der Waals surface area contributed by atoms with Crippen molar-refractivity contribution in [1.29, 1.82) is 0 Å². The number of amides is 1. The van der Waals surface area contributed by atoms with Crippen LogP contribution in [0.3, 0.4) is 0 Å². The summed E-state index contributed by atoms with van der Waals surface area (Å²) in [6.45, 7) is 4.05. The molecule has 116 valence electrons. The molecule has 2 aliphatic heterocycles. The Morgan fingerprint density at radius 1 is 1.55 bits per heavy atom. The number of hydrogen-bond acceptors (Lipinski definition) is 6. The van der Waals surface area contributed by atoms with E-state index in [1.54, 1.807) is 0 Å². The van der Waals surface area contributed by atoms with Gasteiger partial charge in [-0.1, -0.05) is 0 Å². The normalized spacial score (nSPS) is 31.9. The molecule has 0 aliphatic carbocycles. The molecular formula is C12H23N3O4S. The van der Waals surface area contributed by atoms with Crippen molar-refractivity contribution in [2.24, 2.45) is 5.73 Å². The first-order chi connectivity index (χ1) is 9.35. The number of carbonyl (C=O) groups is 1. The van der Waals surface area contributed by atoms with Gasteiger partial charge in [0.15, 0.2) is 9.84 Å². The molecule has 2 fully saturated rings. The molecule has 2 heterocycles. The Morgan fingerprint density at radius 2 is 2.30 bits per heavy atom. The van der Waals surface area contributed by atoms with Crippen molar-refractivity contribution in [3.63, 3.8) is 0 Å². The second kappa shape index (κ2) is 6.38. The highest BCUT2D eigenvalue weighted by Crippen LogP contribution is 2.11. The fraction of sp³-hybridized carbons (Fsp3) is 0.917. The average molecular weight is 305 g/mol. The van der Waals surface area contributed by atoms with E-state index in [0.29, 0.717) is 26.1 Å². The Balaban J connectivity index is 1.77. The molecule has 0 aromatic rings. The van der Waals surface area contributed by atoms with Crippen LogP contribution in [0.25, 0.3) is 0 Å². The maximum atomic E-state index is 11.9. The highest BCUT2D eigenvalue weighted by molar-refractivity contribution is 7.91. The molecule has 8 heteroatoms. The minimum Gasteiger partial charge on any atom is -0.374 e. The molecule has 20 heavy (non-hydrogen) atoms. The minimum absolute atomic E-state index is 0.0524. The summed E-state index contributed by atoms with van der Waals surface area (Å²) in [7, 11) is -2.96. The molecule has 7 nitrogen and oxygen atoms in total. The number of rotatable bonds is 4. The number of nitrogens with two attached hydrogens (primary N) is 1. The number of hydrogen-bond donors (Lipinski definition) is 2. The Kier molecular flexibility index (Phi) is 5.00. The fourth-order valence-corrected chi connectivity index (χ4v) is 4.25. The Hall–Kier alpha value is -0.700. The van der Waals surface area contributed by atoms with E-state index in [4.69, 9.17) is 10.5 Å². The molecule has 0 spiro atoms. The van der Waals surface area contributed by atoms with E-state index in [1.807, 2.05) is 11.8 Å². The van der Waals surface area contributed by atoms with Crippen LogP contribution in [0.15, 0.2) is 0 Å². The van der Waals surface area contributed by atoms with Crippen LogP contribution >= 0.6 is 0 Å². The van der Waals surface area contributed by atoms with E-state index < -0.39 is 9.84 Å². The number of carbonyl (C=O) groups excluding carboxylic acids is 1. The largest absolute Gasteiger partial charge is 0.374 e. The number of morpholine rings is 1. The van der Waals surface area contributed by atoms with Crippen molar-refractivity contribution in [1.82, 2.24) is 10.2 Å². The van der Waals surface area contributed by atoms with Gasteiger partial charge in [-0.2, -0.15) is 0 Å². The zero-order valence-corrected chi connectivity index (χ0v) is 12.6. The molecular weight excluding hydrogens is 282 g/mol. The van der Waals surface area contributed by atoms with Crippen LogP contribution < -0.4 is 11.1 Å². The van der Waals surface area contributed by atoms with E-state index in [2.05, 4.69) is 5.32 Å². The molecule has 2 aliphatic rings. The second-order valence-electron chi connectivity index (χ2n) is 5.67. The smallest absolute Gasteiger partial charge is 0.234 e. The van der Waals surface area contributed by atoms with Gasteiger partial charge >= 0.3 is 0 Å². The minimum atomic E-state index is -2.96. The van der Waals surface area contributed by atoms with E-state index in [9.17, 15) is 13.2 Å². The summed E-state index contributed by atoms with van der Waals surface area (Å²) in [5, 5.41) is 2.79. The van der Waals surface area contributed by atoms with Gasteiger partial charge < -0.3 is 15.8 Å². The quantitative estimate of drug-likeness (QED) is 0.644. The first-order valence-corrected chi connectivity index (χ1v) is 8.77. The van der Waals surface area contributed by atoms with Crippen LogP contribution in [0.5, 0.6) is 0 Å². The van der Waals surface area contributed by atoms with Crippen LogP contribution in [-0.2, 0) is 19.4 Å². The molecule has 0 aromatic heterocycles. The zero-order chi connectivity index (χ0) is 14.8. The second-order valence-corrected chi connectivity index (χ2v) is 7.90. The molecule has 0 aromatic carbocycles. The third-order valence-corrected chi connectivity index (χ3v) is 5.50. The standard InChI is InChI=1S/C12H23N3O4S/c1-9(13)11-6-15(3-4-19-11)7-12(16)14-10-2-5-20(17,18)8-10/h9-11H,2-8,13H2,1H3,(H,14,16). The molecule has 2 saturated heterocycles. The molecule has 1 amide bonds. The first kappa shape index (κ1) is 15.7. The number of nitrogens with zero attached hydrogens (tertiary/aromatic N) is 1. The van der Waals surface area contributed by atoms with E-state index in [1.165, 1.54) is 0 Å². The summed E-state index contributed by atoms with van der Waals surface area (Å²) in [4.78, 5) is 13.9. The molecule has 2 rings (SSSR count). The monoisotopic (exact) mass is 305 g/mol. The fourth-order valence-electron chi connectivity index (χ4n) is 2.58. The summed E-state index contributed by atoms with van der Waals surface area (Å²) >= 11 is 0. The van der Waals surface area contributed by atoms with E-state index in [0.717, 1.165) is 0 Å². The summed E-state index contributed by atoms with van der Waals surface area (Å²) in [5.74, 6) is 0.101. The van der Waals surface area contributed by atoms with Gasteiger partial charge in [0.1, 0.15) is 0 Å². The molecule has 0 saturated carbocycles. The molecule has 0 bridgehead atoms. The molecule has 3 N–H and O–H groups in total. The Morgan fingerprint density at radius 3 is 2.90 bits per heavy atom. The Bertz CT molecular complexity index is 452. The lowest BCUT2D eigenvalue weighted by molar-refractivity contribution is -0.125. The number of sulfone groups is 1.